The molecule has 2 aromatic rings. The molecule has 1 fully saturated rings. The lowest BCUT2D eigenvalue weighted by Gasteiger charge is -2.30. The fraction of sp³-hybridized carbons (Fsp3) is 0.333. The highest BCUT2D eigenvalue weighted by Gasteiger charge is 2.19. The summed E-state index contributed by atoms with van der Waals surface area (Å²) in [5, 5.41) is 0. The molecule has 0 amide bonds. The zero-order chi connectivity index (χ0) is 14.5. The third kappa shape index (κ3) is 3.84. The van der Waals surface area contributed by atoms with Gasteiger partial charge in [0.1, 0.15) is 12.4 Å². The zero-order valence-electron chi connectivity index (χ0n) is 12.4. The first-order valence-electron chi connectivity index (χ1n) is 7.38. The Morgan fingerprint density at radius 2 is 1.86 bits per heavy atom. The molecule has 1 saturated heterocycles. The normalized spacial score (nSPS) is 19.4. The summed E-state index contributed by atoms with van der Waals surface area (Å²) < 4.78 is 11.6. The van der Waals surface area contributed by atoms with Gasteiger partial charge in [-0.1, -0.05) is 42.5 Å². The molecular formula is C18H21NO2. The average molecular weight is 283 g/mol. The molecular weight excluding hydrogens is 262 g/mol. The predicted octanol–water partition coefficient (Wildman–Crippen LogP) is 3.27. The van der Waals surface area contributed by atoms with Crippen molar-refractivity contribution in [3.05, 3.63) is 65.7 Å². The minimum Gasteiger partial charge on any atom is -0.489 e. The van der Waals surface area contributed by atoms with Crippen molar-refractivity contribution in [3.8, 4) is 5.75 Å². The molecule has 1 heterocycles. The van der Waals surface area contributed by atoms with Gasteiger partial charge in [0.25, 0.3) is 0 Å². The maximum Gasteiger partial charge on any atom is 0.119 e. The highest BCUT2D eigenvalue weighted by Crippen LogP contribution is 2.24. The van der Waals surface area contributed by atoms with E-state index < -0.39 is 0 Å². The minimum absolute atomic E-state index is 0.173. The van der Waals surface area contributed by atoms with E-state index in [1.54, 1.807) is 0 Å². The van der Waals surface area contributed by atoms with E-state index in [9.17, 15) is 0 Å². The molecule has 0 aliphatic carbocycles. The average Bonchev–Trinajstić information content (AvgIpc) is 2.54. The predicted molar refractivity (Wildman–Crippen MR) is 83.4 cm³/mol. The second-order valence-electron chi connectivity index (χ2n) is 5.46. The van der Waals surface area contributed by atoms with E-state index >= 15 is 0 Å². The van der Waals surface area contributed by atoms with Crippen LogP contribution in [0.3, 0.4) is 0 Å². The summed E-state index contributed by atoms with van der Waals surface area (Å²) in [6.45, 7) is 3.36. The van der Waals surface area contributed by atoms with Crippen molar-refractivity contribution in [1.82, 2.24) is 4.90 Å². The summed E-state index contributed by atoms with van der Waals surface area (Å²) >= 11 is 0. The standard InChI is InChI=1S/C18H21NO2/c1-19-11-12-20-18(13-19)16-7-9-17(10-8-16)21-14-15-5-3-2-4-6-15/h2-10,18H,11-14H2,1H3/t18-/m1/s1. The van der Waals surface area contributed by atoms with Crippen LogP contribution in [-0.2, 0) is 11.3 Å². The molecule has 21 heavy (non-hydrogen) atoms. The van der Waals surface area contributed by atoms with E-state index in [2.05, 4.69) is 36.2 Å². The summed E-state index contributed by atoms with van der Waals surface area (Å²) in [4.78, 5) is 2.30. The van der Waals surface area contributed by atoms with Gasteiger partial charge in [-0.05, 0) is 30.3 Å². The van der Waals surface area contributed by atoms with E-state index in [1.807, 2.05) is 30.3 Å². The molecule has 0 radical (unpaired) electrons. The first-order valence-corrected chi connectivity index (χ1v) is 7.38. The molecule has 0 N–H and O–H groups in total. The lowest BCUT2D eigenvalue weighted by atomic mass is 10.1. The van der Waals surface area contributed by atoms with Crippen LogP contribution >= 0.6 is 0 Å². The Kier molecular flexibility index (Phi) is 4.53. The number of hydrogen-bond donors (Lipinski definition) is 0. The van der Waals surface area contributed by atoms with Crippen molar-refractivity contribution < 1.29 is 9.47 Å². The molecule has 3 nitrogen and oxygen atoms in total. The Morgan fingerprint density at radius 3 is 2.57 bits per heavy atom. The molecule has 1 aliphatic heterocycles. The Morgan fingerprint density at radius 1 is 1.10 bits per heavy atom. The van der Waals surface area contributed by atoms with Gasteiger partial charge in [0.05, 0.1) is 12.7 Å². The van der Waals surface area contributed by atoms with E-state index in [0.717, 1.165) is 25.4 Å². The SMILES string of the molecule is CN1CCO[C@@H](c2ccc(OCc3ccccc3)cc2)C1. The molecule has 0 bridgehead atoms. The van der Waals surface area contributed by atoms with Crippen molar-refractivity contribution in [3.63, 3.8) is 0 Å². The van der Waals surface area contributed by atoms with Crippen molar-refractivity contribution in [2.75, 3.05) is 26.7 Å². The molecule has 1 aliphatic rings. The maximum atomic E-state index is 5.82. The van der Waals surface area contributed by atoms with Gasteiger partial charge in [0, 0.05) is 13.1 Å². The Balaban J connectivity index is 1.59. The van der Waals surface area contributed by atoms with Crippen molar-refractivity contribution in [1.29, 1.82) is 0 Å². The molecule has 110 valence electrons. The number of morpholine rings is 1. The van der Waals surface area contributed by atoms with Gasteiger partial charge < -0.3 is 14.4 Å². The lowest BCUT2D eigenvalue weighted by molar-refractivity contribution is -0.0209. The van der Waals surface area contributed by atoms with Crippen LogP contribution in [0.25, 0.3) is 0 Å². The molecule has 0 saturated carbocycles. The largest absolute Gasteiger partial charge is 0.489 e. The molecule has 3 heteroatoms. The Hall–Kier alpha value is -1.84. The van der Waals surface area contributed by atoms with Gasteiger partial charge in [-0.15, -0.1) is 0 Å². The zero-order valence-corrected chi connectivity index (χ0v) is 12.4. The second kappa shape index (κ2) is 6.74. The van der Waals surface area contributed by atoms with Crippen molar-refractivity contribution in [2.24, 2.45) is 0 Å². The number of benzene rings is 2. The smallest absolute Gasteiger partial charge is 0.119 e. The van der Waals surface area contributed by atoms with Crippen LogP contribution < -0.4 is 4.74 Å². The van der Waals surface area contributed by atoms with Crippen LogP contribution in [0, 0.1) is 0 Å². The number of hydrogen-bond acceptors (Lipinski definition) is 3. The second-order valence-corrected chi connectivity index (χ2v) is 5.46. The van der Waals surface area contributed by atoms with E-state index in [4.69, 9.17) is 9.47 Å². The van der Waals surface area contributed by atoms with Gasteiger partial charge >= 0.3 is 0 Å². The summed E-state index contributed by atoms with van der Waals surface area (Å²) in [6.07, 6.45) is 0.173. The van der Waals surface area contributed by atoms with Crippen LogP contribution in [0.2, 0.25) is 0 Å². The van der Waals surface area contributed by atoms with E-state index in [0.29, 0.717) is 6.61 Å². The fourth-order valence-electron chi connectivity index (χ4n) is 2.50. The highest BCUT2D eigenvalue weighted by molar-refractivity contribution is 5.29. The lowest BCUT2D eigenvalue weighted by Crippen LogP contribution is -2.35. The van der Waals surface area contributed by atoms with Gasteiger partial charge in [-0.25, -0.2) is 0 Å². The molecule has 0 unspecified atom stereocenters. The molecule has 1 atom stereocenters. The van der Waals surface area contributed by atoms with Gasteiger partial charge in [0.15, 0.2) is 0 Å². The van der Waals surface area contributed by atoms with Gasteiger partial charge in [0.2, 0.25) is 0 Å². The molecule has 0 spiro atoms. The topological polar surface area (TPSA) is 21.7 Å². The summed E-state index contributed by atoms with van der Waals surface area (Å²) in [7, 11) is 2.13. The van der Waals surface area contributed by atoms with Gasteiger partial charge in [-0.3, -0.25) is 0 Å². The highest BCUT2D eigenvalue weighted by atomic mass is 16.5. The van der Waals surface area contributed by atoms with Crippen LogP contribution in [-0.4, -0.2) is 31.6 Å². The third-order valence-corrected chi connectivity index (χ3v) is 3.77. The van der Waals surface area contributed by atoms with Crippen LogP contribution in [0.1, 0.15) is 17.2 Å². The third-order valence-electron chi connectivity index (χ3n) is 3.77. The van der Waals surface area contributed by atoms with Gasteiger partial charge in [-0.2, -0.15) is 0 Å². The number of nitrogens with zero attached hydrogens (tertiary/aromatic N) is 1. The fourth-order valence-corrected chi connectivity index (χ4v) is 2.50. The summed E-state index contributed by atoms with van der Waals surface area (Å²) in [5.74, 6) is 0.895. The Bertz CT molecular complexity index is 553. The number of rotatable bonds is 4. The quantitative estimate of drug-likeness (QED) is 0.859. The molecule has 3 rings (SSSR count). The summed E-state index contributed by atoms with van der Waals surface area (Å²) in [5.41, 5.74) is 2.40. The number of ether oxygens (including phenoxy) is 2. The van der Waals surface area contributed by atoms with Crippen LogP contribution in [0.15, 0.2) is 54.6 Å². The maximum absolute atomic E-state index is 5.82. The van der Waals surface area contributed by atoms with Crippen molar-refractivity contribution >= 4 is 0 Å². The monoisotopic (exact) mass is 283 g/mol. The van der Waals surface area contributed by atoms with Crippen LogP contribution in [0.4, 0.5) is 0 Å². The first kappa shape index (κ1) is 14.1. The van der Waals surface area contributed by atoms with E-state index in [1.165, 1.54) is 11.1 Å². The van der Waals surface area contributed by atoms with Crippen LogP contribution in [0.5, 0.6) is 5.75 Å². The van der Waals surface area contributed by atoms with E-state index in [-0.39, 0.29) is 6.10 Å². The minimum atomic E-state index is 0.173. The Labute approximate surface area is 126 Å². The number of likely N-dealkylation sites (N-methyl/N-ethyl adjacent to an activating group) is 1. The summed E-state index contributed by atoms with van der Waals surface area (Å²) in [6, 6.07) is 18.5. The van der Waals surface area contributed by atoms with Crippen molar-refractivity contribution in [2.45, 2.75) is 12.7 Å². The first-order chi connectivity index (χ1) is 10.3. The molecule has 0 aromatic heterocycles. The molecule has 2 aromatic carbocycles.